The van der Waals surface area contributed by atoms with Gasteiger partial charge in [0.2, 0.25) is 5.78 Å². The number of fused-ring (bicyclic) bond motifs is 1. The Balaban J connectivity index is 1.73. The number of halogens is 1. The van der Waals surface area contributed by atoms with E-state index in [1.165, 1.54) is 17.2 Å². The molecule has 0 saturated carbocycles. The van der Waals surface area contributed by atoms with E-state index in [9.17, 15) is 14.7 Å². The van der Waals surface area contributed by atoms with Crippen molar-refractivity contribution in [1.82, 2.24) is 0 Å². The number of furan rings is 1. The monoisotopic (exact) mass is 425 g/mol. The maximum Gasteiger partial charge on any atom is 0.264 e. The van der Waals surface area contributed by atoms with Gasteiger partial charge in [-0.2, -0.15) is 0 Å². The number of Topliss-reactive ketones (excluding diaryl/α,β-unsaturated/α-hetero) is 1. The number of hydrogen-bond donors (Lipinski definition) is 1. The lowest BCUT2D eigenvalue weighted by molar-refractivity contribution is -0.136. The van der Waals surface area contributed by atoms with E-state index in [4.69, 9.17) is 4.42 Å². The summed E-state index contributed by atoms with van der Waals surface area (Å²) in [6.07, 6.45) is 1.01. The van der Waals surface area contributed by atoms with E-state index < -0.39 is 17.3 Å². The molecular formula is C21H16BrNO4. The van der Waals surface area contributed by atoms with Crippen molar-refractivity contribution in [3.8, 4) is 0 Å². The molecule has 0 bridgehead atoms. The Morgan fingerprint density at radius 3 is 2.59 bits per heavy atom. The summed E-state index contributed by atoms with van der Waals surface area (Å²) in [4.78, 5) is 27.2. The third kappa shape index (κ3) is 3.11. The molecule has 5 nitrogen and oxygen atoms in total. The zero-order valence-electron chi connectivity index (χ0n) is 14.3. The zero-order valence-corrected chi connectivity index (χ0v) is 15.8. The number of carbonyl (C=O) groups is 2. The summed E-state index contributed by atoms with van der Waals surface area (Å²) in [5, 5.41) is 11.3. The van der Waals surface area contributed by atoms with Crippen LogP contribution in [0, 0.1) is 0 Å². The van der Waals surface area contributed by atoms with Crippen LogP contribution in [0.25, 0.3) is 0 Å². The van der Waals surface area contributed by atoms with Gasteiger partial charge < -0.3 is 14.4 Å². The summed E-state index contributed by atoms with van der Waals surface area (Å²) in [7, 11) is 0. The van der Waals surface area contributed by atoms with Crippen LogP contribution in [0.1, 0.15) is 28.1 Å². The maximum absolute atomic E-state index is 13.2. The van der Waals surface area contributed by atoms with Gasteiger partial charge in [0.05, 0.1) is 24.9 Å². The fourth-order valence-electron chi connectivity index (χ4n) is 3.37. The largest absolute Gasteiger partial charge is 0.461 e. The van der Waals surface area contributed by atoms with Crippen LogP contribution in [0.5, 0.6) is 0 Å². The topological polar surface area (TPSA) is 70.8 Å². The number of amides is 1. The lowest BCUT2D eigenvalue weighted by atomic mass is 9.89. The molecule has 2 heterocycles. The number of aliphatic hydroxyl groups is 1. The number of benzene rings is 2. The van der Waals surface area contributed by atoms with Gasteiger partial charge in [0.15, 0.2) is 11.4 Å². The zero-order chi connectivity index (χ0) is 19.0. The molecule has 27 heavy (non-hydrogen) atoms. The van der Waals surface area contributed by atoms with Crippen LogP contribution in [0.2, 0.25) is 0 Å². The van der Waals surface area contributed by atoms with E-state index in [0.29, 0.717) is 17.8 Å². The number of rotatable bonds is 5. The first-order chi connectivity index (χ1) is 13.0. The minimum Gasteiger partial charge on any atom is -0.461 e. The van der Waals surface area contributed by atoms with Gasteiger partial charge in [-0.1, -0.05) is 46.3 Å². The smallest absolute Gasteiger partial charge is 0.264 e. The normalized spacial score (nSPS) is 18.6. The molecule has 4 rings (SSSR count). The van der Waals surface area contributed by atoms with Crippen molar-refractivity contribution in [2.75, 3.05) is 4.90 Å². The molecule has 0 spiro atoms. The Bertz CT molecular complexity index is 1000. The second kappa shape index (κ2) is 6.79. The molecule has 0 aliphatic carbocycles. The molecule has 0 radical (unpaired) electrons. The quantitative estimate of drug-likeness (QED) is 0.625. The van der Waals surface area contributed by atoms with Crippen LogP contribution < -0.4 is 4.90 Å². The van der Waals surface area contributed by atoms with Crippen LogP contribution in [-0.4, -0.2) is 16.8 Å². The third-order valence-electron chi connectivity index (χ3n) is 4.69. The Morgan fingerprint density at radius 1 is 1.11 bits per heavy atom. The molecular weight excluding hydrogens is 410 g/mol. The number of nitrogens with zero attached hydrogens (tertiary/aromatic N) is 1. The van der Waals surface area contributed by atoms with Crippen molar-refractivity contribution in [2.45, 2.75) is 18.6 Å². The van der Waals surface area contributed by atoms with Crippen molar-refractivity contribution in [3.63, 3.8) is 0 Å². The molecule has 2 aromatic carbocycles. The Morgan fingerprint density at radius 2 is 1.89 bits per heavy atom. The van der Waals surface area contributed by atoms with Crippen molar-refractivity contribution < 1.29 is 19.1 Å². The minimum atomic E-state index is -1.93. The molecule has 0 saturated heterocycles. The Kier molecular flexibility index (Phi) is 4.45. The van der Waals surface area contributed by atoms with Gasteiger partial charge in [-0.3, -0.25) is 9.59 Å². The first-order valence-electron chi connectivity index (χ1n) is 8.44. The van der Waals surface area contributed by atoms with Crippen molar-refractivity contribution in [3.05, 3.63) is 88.3 Å². The number of ketones is 1. The number of carbonyl (C=O) groups excluding carboxylic acids is 2. The molecule has 1 atom stereocenters. The fourth-order valence-corrected chi connectivity index (χ4v) is 3.73. The second-order valence-corrected chi connectivity index (χ2v) is 7.39. The van der Waals surface area contributed by atoms with Crippen LogP contribution in [-0.2, 0) is 16.9 Å². The lowest BCUT2D eigenvalue weighted by Crippen LogP contribution is -2.41. The standard InChI is InChI=1S/C21H16BrNO4/c22-15-8-9-17-16(11-15)21(26,12-18(24)19-7-4-10-27-19)20(25)23(17)13-14-5-2-1-3-6-14/h1-11,26H,12-13H2. The molecule has 1 N–H and O–H groups in total. The van der Waals surface area contributed by atoms with Gasteiger partial charge in [-0.25, -0.2) is 0 Å². The lowest BCUT2D eigenvalue weighted by Gasteiger charge is -2.22. The van der Waals surface area contributed by atoms with Gasteiger partial charge >= 0.3 is 0 Å². The van der Waals surface area contributed by atoms with Gasteiger partial charge in [-0.05, 0) is 35.9 Å². The molecule has 1 aliphatic heterocycles. The SMILES string of the molecule is O=C(CC1(O)C(=O)N(Cc2ccccc2)c2ccc(Br)cc21)c1ccco1. The minimum absolute atomic E-state index is 0.120. The first-order valence-corrected chi connectivity index (χ1v) is 9.23. The predicted molar refractivity (Wildman–Crippen MR) is 103 cm³/mol. The highest BCUT2D eigenvalue weighted by Gasteiger charge is 2.51. The Hall–Kier alpha value is -2.70. The van der Waals surface area contributed by atoms with Gasteiger partial charge in [0, 0.05) is 10.0 Å². The molecule has 1 unspecified atom stereocenters. The van der Waals surface area contributed by atoms with Crippen LogP contribution in [0.4, 0.5) is 5.69 Å². The van der Waals surface area contributed by atoms with Crippen molar-refractivity contribution >= 4 is 33.3 Å². The summed E-state index contributed by atoms with van der Waals surface area (Å²) in [6.45, 7) is 0.311. The molecule has 136 valence electrons. The van der Waals surface area contributed by atoms with Crippen molar-refractivity contribution in [2.24, 2.45) is 0 Å². The summed E-state index contributed by atoms with van der Waals surface area (Å²) in [5.74, 6) is -0.822. The highest BCUT2D eigenvalue weighted by Crippen LogP contribution is 2.44. The second-order valence-electron chi connectivity index (χ2n) is 6.48. The van der Waals surface area contributed by atoms with E-state index in [1.54, 1.807) is 18.2 Å². The van der Waals surface area contributed by atoms with E-state index in [2.05, 4.69) is 15.9 Å². The molecule has 1 amide bonds. The average Bonchev–Trinajstić information content (AvgIpc) is 3.26. The van der Waals surface area contributed by atoms with Crippen molar-refractivity contribution in [1.29, 1.82) is 0 Å². The molecule has 1 aliphatic rings. The van der Waals surface area contributed by atoms with E-state index in [-0.39, 0.29) is 12.2 Å². The summed E-state index contributed by atoms with van der Waals surface area (Å²) in [5.41, 5.74) is 0.0125. The van der Waals surface area contributed by atoms with E-state index in [0.717, 1.165) is 10.0 Å². The fraction of sp³-hybridized carbons (Fsp3) is 0.143. The Labute approximate surface area is 164 Å². The number of anilines is 1. The van der Waals surface area contributed by atoms with Crippen LogP contribution >= 0.6 is 15.9 Å². The number of hydrogen-bond acceptors (Lipinski definition) is 4. The van der Waals surface area contributed by atoms with Gasteiger partial charge in [0.1, 0.15) is 0 Å². The van der Waals surface area contributed by atoms with Crippen LogP contribution in [0.3, 0.4) is 0 Å². The highest BCUT2D eigenvalue weighted by molar-refractivity contribution is 9.10. The summed E-state index contributed by atoms with van der Waals surface area (Å²) in [6, 6.07) is 17.9. The molecule has 3 aromatic rings. The summed E-state index contributed by atoms with van der Waals surface area (Å²) >= 11 is 3.38. The van der Waals surface area contributed by atoms with Gasteiger partial charge in [-0.15, -0.1) is 0 Å². The molecule has 6 heteroatoms. The predicted octanol–water partition coefficient (Wildman–Crippen LogP) is 4.05. The first kappa shape index (κ1) is 17.7. The molecule has 1 aromatic heterocycles. The maximum atomic E-state index is 13.2. The third-order valence-corrected chi connectivity index (χ3v) is 5.18. The van der Waals surface area contributed by atoms with E-state index in [1.807, 2.05) is 36.4 Å². The van der Waals surface area contributed by atoms with Gasteiger partial charge in [0.25, 0.3) is 5.91 Å². The molecule has 0 fully saturated rings. The van der Waals surface area contributed by atoms with E-state index >= 15 is 0 Å². The summed E-state index contributed by atoms with van der Waals surface area (Å²) < 4.78 is 5.85. The van der Waals surface area contributed by atoms with Crippen LogP contribution in [0.15, 0.2) is 75.8 Å². The average molecular weight is 426 g/mol. The highest BCUT2D eigenvalue weighted by atomic mass is 79.9.